The standard InChI is InChI=1S/C16H17N/c1-13(14-7-3-2-4-8-14)11-12-15-9-5-6-10-16(15)17/h2-11H,12,17H2,1H3. The van der Waals surface area contributed by atoms with Gasteiger partial charge in [-0.2, -0.15) is 0 Å². The molecule has 0 heterocycles. The van der Waals surface area contributed by atoms with Crippen LogP contribution >= 0.6 is 0 Å². The van der Waals surface area contributed by atoms with Gasteiger partial charge in [-0.15, -0.1) is 0 Å². The van der Waals surface area contributed by atoms with Gasteiger partial charge in [-0.1, -0.05) is 54.6 Å². The number of nitrogens with two attached hydrogens (primary N) is 1. The van der Waals surface area contributed by atoms with E-state index >= 15 is 0 Å². The number of anilines is 1. The van der Waals surface area contributed by atoms with Crippen molar-refractivity contribution < 1.29 is 0 Å². The summed E-state index contributed by atoms with van der Waals surface area (Å²) in [6, 6.07) is 18.4. The number of allylic oxidation sites excluding steroid dienone is 2. The van der Waals surface area contributed by atoms with Gasteiger partial charge >= 0.3 is 0 Å². The highest BCUT2D eigenvalue weighted by molar-refractivity contribution is 5.64. The first-order valence-corrected chi connectivity index (χ1v) is 5.83. The van der Waals surface area contributed by atoms with E-state index in [9.17, 15) is 0 Å². The van der Waals surface area contributed by atoms with Crippen molar-refractivity contribution in [3.05, 3.63) is 71.8 Å². The number of hydrogen-bond donors (Lipinski definition) is 1. The SMILES string of the molecule is CC(=CCc1ccccc1N)c1ccccc1. The summed E-state index contributed by atoms with van der Waals surface area (Å²) >= 11 is 0. The van der Waals surface area contributed by atoms with Gasteiger partial charge in [0.05, 0.1) is 0 Å². The van der Waals surface area contributed by atoms with Crippen LogP contribution in [-0.2, 0) is 6.42 Å². The molecule has 0 unspecified atom stereocenters. The Hall–Kier alpha value is -2.02. The summed E-state index contributed by atoms with van der Waals surface area (Å²) in [7, 11) is 0. The molecule has 2 N–H and O–H groups in total. The molecule has 0 saturated heterocycles. The second-order valence-electron chi connectivity index (χ2n) is 4.16. The summed E-state index contributed by atoms with van der Waals surface area (Å²) in [6.45, 7) is 2.13. The van der Waals surface area contributed by atoms with Gasteiger partial charge in [0, 0.05) is 5.69 Å². The zero-order valence-electron chi connectivity index (χ0n) is 10.1. The maximum Gasteiger partial charge on any atom is 0.0349 e. The number of hydrogen-bond acceptors (Lipinski definition) is 1. The zero-order valence-corrected chi connectivity index (χ0v) is 10.1. The predicted octanol–water partition coefficient (Wildman–Crippen LogP) is 3.91. The highest BCUT2D eigenvalue weighted by Crippen LogP contribution is 2.17. The minimum Gasteiger partial charge on any atom is -0.398 e. The van der Waals surface area contributed by atoms with Gasteiger partial charge in [-0.25, -0.2) is 0 Å². The third-order valence-corrected chi connectivity index (χ3v) is 2.91. The Morgan fingerprint density at radius 1 is 1.00 bits per heavy atom. The average molecular weight is 223 g/mol. The highest BCUT2D eigenvalue weighted by Gasteiger charge is 1.97. The predicted molar refractivity (Wildman–Crippen MR) is 74.7 cm³/mol. The van der Waals surface area contributed by atoms with Crippen LogP contribution in [0.15, 0.2) is 60.7 Å². The lowest BCUT2D eigenvalue weighted by Crippen LogP contribution is -1.92. The van der Waals surface area contributed by atoms with Crippen molar-refractivity contribution in [2.75, 3.05) is 5.73 Å². The summed E-state index contributed by atoms with van der Waals surface area (Å²) in [5.41, 5.74) is 10.5. The van der Waals surface area contributed by atoms with Gasteiger partial charge in [0.1, 0.15) is 0 Å². The van der Waals surface area contributed by atoms with Gasteiger partial charge < -0.3 is 5.73 Å². The molecule has 2 aromatic rings. The number of para-hydroxylation sites is 1. The topological polar surface area (TPSA) is 26.0 Å². The molecule has 86 valence electrons. The fraction of sp³-hybridized carbons (Fsp3) is 0.125. The molecule has 1 nitrogen and oxygen atoms in total. The fourth-order valence-corrected chi connectivity index (χ4v) is 1.80. The lowest BCUT2D eigenvalue weighted by molar-refractivity contribution is 1.27. The van der Waals surface area contributed by atoms with Gasteiger partial charge in [0.15, 0.2) is 0 Å². The van der Waals surface area contributed by atoms with Crippen molar-refractivity contribution in [1.29, 1.82) is 0 Å². The molecule has 0 aliphatic rings. The summed E-state index contributed by atoms with van der Waals surface area (Å²) in [5, 5.41) is 0. The minimum absolute atomic E-state index is 0.865. The van der Waals surface area contributed by atoms with Crippen molar-refractivity contribution in [2.45, 2.75) is 13.3 Å². The van der Waals surface area contributed by atoms with Gasteiger partial charge in [0.25, 0.3) is 0 Å². The lowest BCUT2D eigenvalue weighted by Gasteiger charge is -2.04. The Balaban J connectivity index is 2.14. The molecule has 0 amide bonds. The molecule has 1 heteroatoms. The van der Waals surface area contributed by atoms with E-state index in [4.69, 9.17) is 5.73 Å². The summed E-state index contributed by atoms with van der Waals surface area (Å²) < 4.78 is 0. The molecule has 2 aromatic carbocycles. The number of nitrogen functional groups attached to an aromatic ring is 1. The molecule has 0 aromatic heterocycles. The summed E-state index contributed by atoms with van der Waals surface area (Å²) in [4.78, 5) is 0. The molecule has 0 aliphatic carbocycles. The van der Waals surface area contributed by atoms with E-state index in [1.54, 1.807) is 0 Å². The van der Waals surface area contributed by atoms with Crippen molar-refractivity contribution in [2.24, 2.45) is 0 Å². The maximum absolute atomic E-state index is 5.92. The monoisotopic (exact) mass is 223 g/mol. The van der Waals surface area contributed by atoms with Crippen LogP contribution in [0.3, 0.4) is 0 Å². The normalized spacial score (nSPS) is 11.5. The molecule has 0 aliphatic heterocycles. The Morgan fingerprint density at radius 3 is 2.35 bits per heavy atom. The molecule has 0 radical (unpaired) electrons. The Labute approximate surface area is 103 Å². The molecule has 0 spiro atoms. The second-order valence-corrected chi connectivity index (χ2v) is 4.16. The van der Waals surface area contributed by atoms with Crippen LogP contribution in [0.2, 0.25) is 0 Å². The van der Waals surface area contributed by atoms with E-state index in [2.05, 4.69) is 43.3 Å². The first-order valence-electron chi connectivity index (χ1n) is 5.83. The number of rotatable bonds is 3. The van der Waals surface area contributed by atoms with Crippen LogP contribution in [0.5, 0.6) is 0 Å². The lowest BCUT2D eigenvalue weighted by atomic mass is 10.0. The van der Waals surface area contributed by atoms with Crippen molar-refractivity contribution in [1.82, 2.24) is 0 Å². The van der Waals surface area contributed by atoms with E-state index in [0.29, 0.717) is 0 Å². The quantitative estimate of drug-likeness (QED) is 0.784. The Kier molecular flexibility index (Phi) is 3.61. The van der Waals surface area contributed by atoms with E-state index in [1.807, 2.05) is 24.3 Å². The van der Waals surface area contributed by atoms with Crippen LogP contribution < -0.4 is 5.73 Å². The van der Waals surface area contributed by atoms with Crippen molar-refractivity contribution in [3.63, 3.8) is 0 Å². The molecule has 17 heavy (non-hydrogen) atoms. The molecule has 2 rings (SSSR count). The van der Waals surface area contributed by atoms with Gasteiger partial charge in [-0.05, 0) is 36.1 Å². The van der Waals surface area contributed by atoms with E-state index in [-0.39, 0.29) is 0 Å². The first-order chi connectivity index (χ1) is 8.27. The maximum atomic E-state index is 5.92. The van der Waals surface area contributed by atoms with Crippen LogP contribution in [0, 0.1) is 0 Å². The molecular formula is C16H17N. The largest absolute Gasteiger partial charge is 0.398 e. The highest BCUT2D eigenvalue weighted by atomic mass is 14.6. The average Bonchev–Trinajstić information content (AvgIpc) is 2.38. The molecule has 0 bridgehead atoms. The molecular weight excluding hydrogens is 206 g/mol. The number of benzene rings is 2. The third-order valence-electron chi connectivity index (χ3n) is 2.91. The van der Waals surface area contributed by atoms with Crippen LogP contribution in [0.4, 0.5) is 5.69 Å². The summed E-state index contributed by atoms with van der Waals surface area (Å²) in [6.07, 6.45) is 3.11. The second kappa shape index (κ2) is 5.35. The smallest absolute Gasteiger partial charge is 0.0349 e. The Bertz CT molecular complexity index is 512. The van der Waals surface area contributed by atoms with Crippen LogP contribution in [-0.4, -0.2) is 0 Å². The Morgan fingerprint density at radius 2 is 1.65 bits per heavy atom. The van der Waals surface area contributed by atoms with E-state index in [1.165, 1.54) is 16.7 Å². The van der Waals surface area contributed by atoms with Crippen molar-refractivity contribution >= 4 is 11.3 Å². The van der Waals surface area contributed by atoms with Crippen molar-refractivity contribution in [3.8, 4) is 0 Å². The minimum atomic E-state index is 0.865. The van der Waals surface area contributed by atoms with E-state index in [0.717, 1.165) is 12.1 Å². The van der Waals surface area contributed by atoms with Gasteiger partial charge in [-0.3, -0.25) is 0 Å². The first kappa shape index (κ1) is 11.5. The molecule has 0 fully saturated rings. The van der Waals surface area contributed by atoms with Gasteiger partial charge in [0.2, 0.25) is 0 Å². The van der Waals surface area contributed by atoms with E-state index < -0.39 is 0 Å². The molecule has 0 saturated carbocycles. The zero-order chi connectivity index (χ0) is 12.1. The van der Waals surface area contributed by atoms with Crippen LogP contribution in [0.1, 0.15) is 18.1 Å². The summed E-state index contributed by atoms with van der Waals surface area (Å²) in [5.74, 6) is 0. The fourth-order valence-electron chi connectivity index (χ4n) is 1.80. The van der Waals surface area contributed by atoms with Crippen LogP contribution in [0.25, 0.3) is 5.57 Å². The molecule has 0 atom stereocenters. The third kappa shape index (κ3) is 2.97.